The van der Waals surface area contributed by atoms with E-state index in [1.807, 2.05) is 0 Å². The second-order valence-electron chi connectivity index (χ2n) is 5.77. The maximum absolute atomic E-state index is 14.2. The molecule has 0 radical (unpaired) electrons. The molecular formula is C17H12ClF2N3O. The number of hydrogen-bond donors (Lipinski definition) is 2. The van der Waals surface area contributed by atoms with Gasteiger partial charge in [0.15, 0.2) is 5.82 Å². The minimum atomic E-state index is -0.696. The first kappa shape index (κ1) is 15.1. The molecule has 1 aliphatic carbocycles. The van der Waals surface area contributed by atoms with Crippen LogP contribution in [0.15, 0.2) is 30.6 Å². The van der Waals surface area contributed by atoms with Gasteiger partial charge < -0.3 is 10.3 Å². The van der Waals surface area contributed by atoms with Crippen molar-refractivity contribution in [2.24, 2.45) is 5.92 Å². The molecule has 4 nitrogen and oxygen atoms in total. The summed E-state index contributed by atoms with van der Waals surface area (Å²) < 4.78 is 27.9. The number of hydrogen-bond acceptors (Lipinski definition) is 2. The summed E-state index contributed by atoms with van der Waals surface area (Å²) in [6, 6.07) is 3.68. The van der Waals surface area contributed by atoms with Crippen LogP contribution in [0.2, 0.25) is 5.02 Å². The van der Waals surface area contributed by atoms with Crippen molar-refractivity contribution < 1.29 is 13.6 Å². The Kier molecular flexibility index (Phi) is 3.49. The van der Waals surface area contributed by atoms with E-state index in [1.165, 1.54) is 12.4 Å². The van der Waals surface area contributed by atoms with Gasteiger partial charge in [0.2, 0.25) is 5.91 Å². The van der Waals surface area contributed by atoms with Crippen molar-refractivity contribution in [3.8, 4) is 11.1 Å². The molecule has 24 heavy (non-hydrogen) atoms. The lowest BCUT2D eigenvalue weighted by atomic mass is 10.0. The average Bonchev–Trinajstić information content (AvgIpc) is 3.33. The minimum Gasteiger partial charge on any atom is -0.358 e. The van der Waals surface area contributed by atoms with E-state index in [-0.39, 0.29) is 22.4 Å². The van der Waals surface area contributed by atoms with E-state index in [1.54, 1.807) is 6.07 Å². The van der Waals surface area contributed by atoms with Crippen LogP contribution >= 0.6 is 11.6 Å². The molecule has 0 atom stereocenters. The van der Waals surface area contributed by atoms with Gasteiger partial charge in [-0.2, -0.15) is 0 Å². The quantitative estimate of drug-likeness (QED) is 0.685. The third-order valence-electron chi connectivity index (χ3n) is 4.11. The molecule has 0 saturated heterocycles. The molecule has 1 fully saturated rings. The van der Waals surface area contributed by atoms with Gasteiger partial charge in [-0.25, -0.2) is 13.8 Å². The summed E-state index contributed by atoms with van der Waals surface area (Å²) in [5.41, 5.74) is 0.936. The van der Waals surface area contributed by atoms with E-state index >= 15 is 0 Å². The third kappa shape index (κ3) is 2.43. The predicted molar refractivity (Wildman–Crippen MR) is 87.8 cm³/mol. The Morgan fingerprint density at radius 2 is 2.00 bits per heavy atom. The number of fused-ring (bicyclic) bond motifs is 1. The molecule has 7 heteroatoms. The van der Waals surface area contributed by atoms with Crippen molar-refractivity contribution in [2.45, 2.75) is 12.8 Å². The van der Waals surface area contributed by atoms with Crippen LogP contribution in [-0.4, -0.2) is 15.9 Å². The number of H-pyrrole nitrogens is 1. The number of carbonyl (C=O) groups excluding carboxylic acids is 1. The number of nitrogens with one attached hydrogen (secondary N) is 2. The zero-order valence-electron chi connectivity index (χ0n) is 12.4. The third-order valence-corrected chi connectivity index (χ3v) is 4.47. The number of rotatable bonds is 3. The number of halogens is 3. The molecule has 0 unspecified atom stereocenters. The van der Waals surface area contributed by atoms with E-state index in [9.17, 15) is 13.6 Å². The summed E-state index contributed by atoms with van der Waals surface area (Å²) in [7, 11) is 0. The molecule has 1 aromatic carbocycles. The fourth-order valence-corrected chi connectivity index (χ4v) is 2.95. The van der Waals surface area contributed by atoms with Crippen molar-refractivity contribution in [3.63, 3.8) is 0 Å². The molecular weight excluding hydrogens is 336 g/mol. The maximum Gasteiger partial charge on any atom is 0.228 e. The van der Waals surface area contributed by atoms with Crippen LogP contribution in [0.1, 0.15) is 12.8 Å². The number of nitrogens with zero attached hydrogens (tertiary/aromatic N) is 1. The van der Waals surface area contributed by atoms with E-state index < -0.39 is 11.6 Å². The van der Waals surface area contributed by atoms with Crippen molar-refractivity contribution in [1.29, 1.82) is 0 Å². The number of carbonyl (C=O) groups is 1. The number of aromatic amines is 1. The maximum atomic E-state index is 14.2. The highest BCUT2D eigenvalue weighted by molar-refractivity contribution is 6.34. The molecule has 0 aliphatic heterocycles. The number of aromatic nitrogens is 2. The van der Waals surface area contributed by atoms with Crippen molar-refractivity contribution in [3.05, 3.63) is 47.2 Å². The van der Waals surface area contributed by atoms with Gasteiger partial charge in [-0.1, -0.05) is 11.6 Å². The molecule has 2 heterocycles. The van der Waals surface area contributed by atoms with Gasteiger partial charge in [-0.3, -0.25) is 4.79 Å². The SMILES string of the molecule is O=C(Nc1nccc2c(-c3c(F)ccc(F)c3Cl)c[nH]c12)C1CC1. The van der Waals surface area contributed by atoms with Crippen LogP contribution in [-0.2, 0) is 4.79 Å². The molecule has 122 valence electrons. The molecule has 0 bridgehead atoms. The summed E-state index contributed by atoms with van der Waals surface area (Å²) in [5, 5.41) is 3.09. The van der Waals surface area contributed by atoms with Crippen LogP contribution in [0.25, 0.3) is 22.0 Å². The van der Waals surface area contributed by atoms with Gasteiger partial charge in [0.1, 0.15) is 11.6 Å². The molecule has 4 rings (SSSR count). The average molecular weight is 348 g/mol. The van der Waals surface area contributed by atoms with Crippen molar-refractivity contribution in [1.82, 2.24) is 9.97 Å². The summed E-state index contributed by atoms with van der Waals surface area (Å²) in [6.45, 7) is 0. The highest BCUT2D eigenvalue weighted by atomic mass is 35.5. The first-order valence-corrected chi connectivity index (χ1v) is 7.85. The molecule has 2 aromatic heterocycles. The zero-order valence-corrected chi connectivity index (χ0v) is 13.1. The minimum absolute atomic E-state index is 0.0198. The van der Waals surface area contributed by atoms with E-state index in [0.29, 0.717) is 22.3 Å². The topological polar surface area (TPSA) is 57.8 Å². The molecule has 2 N–H and O–H groups in total. The number of amides is 1. The first-order valence-electron chi connectivity index (χ1n) is 7.47. The molecule has 1 saturated carbocycles. The summed E-state index contributed by atoms with van der Waals surface area (Å²) in [5.74, 6) is -1.00. The van der Waals surface area contributed by atoms with E-state index in [2.05, 4.69) is 15.3 Å². The van der Waals surface area contributed by atoms with Gasteiger partial charge in [0, 0.05) is 34.8 Å². The normalized spacial score (nSPS) is 14.1. The Hall–Kier alpha value is -2.47. The van der Waals surface area contributed by atoms with Crippen LogP contribution in [0.3, 0.4) is 0 Å². The molecule has 0 spiro atoms. The van der Waals surface area contributed by atoms with Gasteiger partial charge in [0.25, 0.3) is 0 Å². The highest BCUT2D eigenvalue weighted by Crippen LogP contribution is 2.38. The van der Waals surface area contributed by atoms with Crippen LogP contribution in [0.5, 0.6) is 0 Å². The standard InChI is InChI=1S/C17H12ClF2N3O/c18-14-12(20)4-3-11(19)13(14)10-7-22-15-9(10)5-6-21-16(15)23-17(24)8-1-2-8/h3-8,22H,1-2H2,(H,21,23,24). The fraction of sp³-hybridized carbons (Fsp3) is 0.176. The number of benzene rings is 1. The largest absolute Gasteiger partial charge is 0.358 e. The lowest BCUT2D eigenvalue weighted by Crippen LogP contribution is -2.14. The second kappa shape index (κ2) is 5.56. The Morgan fingerprint density at radius 1 is 1.25 bits per heavy atom. The van der Waals surface area contributed by atoms with Crippen LogP contribution < -0.4 is 5.32 Å². The Bertz CT molecular complexity index is 966. The smallest absolute Gasteiger partial charge is 0.228 e. The van der Waals surface area contributed by atoms with Gasteiger partial charge in [-0.15, -0.1) is 0 Å². The Balaban J connectivity index is 1.84. The van der Waals surface area contributed by atoms with Crippen LogP contribution in [0, 0.1) is 17.6 Å². The summed E-state index contributed by atoms with van der Waals surface area (Å²) in [6.07, 6.45) is 4.79. The van der Waals surface area contributed by atoms with Crippen molar-refractivity contribution >= 4 is 34.2 Å². The lowest BCUT2D eigenvalue weighted by molar-refractivity contribution is -0.117. The Labute approximate surface area is 140 Å². The first-order chi connectivity index (χ1) is 11.6. The lowest BCUT2D eigenvalue weighted by Gasteiger charge is -2.07. The fourth-order valence-electron chi connectivity index (χ4n) is 2.69. The summed E-state index contributed by atoms with van der Waals surface area (Å²) in [4.78, 5) is 19.1. The van der Waals surface area contributed by atoms with Gasteiger partial charge >= 0.3 is 0 Å². The highest BCUT2D eigenvalue weighted by Gasteiger charge is 2.30. The van der Waals surface area contributed by atoms with Crippen LogP contribution in [0.4, 0.5) is 14.6 Å². The van der Waals surface area contributed by atoms with Gasteiger partial charge in [0.05, 0.1) is 10.5 Å². The number of anilines is 1. The second-order valence-corrected chi connectivity index (χ2v) is 6.14. The predicted octanol–water partition coefficient (Wildman–Crippen LogP) is 4.51. The molecule has 3 aromatic rings. The van der Waals surface area contributed by atoms with E-state index in [4.69, 9.17) is 11.6 Å². The Morgan fingerprint density at radius 3 is 2.75 bits per heavy atom. The number of pyridine rings is 1. The van der Waals surface area contributed by atoms with E-state index in [0.717, 1.165) is 25.0 Å². The monoisotopic (exact) mass is 347 g/mol. The van der Waals surface area contributed by atoms with Gasteiger partial charge in [-0.05, 0) is 31.0 Å². The van der Waals surface area contributed by atoms with Crippen molar-refractivity contribution in [2.75, 3.05) is 5.32 Å². The molecule has 1 aliphatic rings. The summed E-state index contributed by atoms with van der Waals surface area (Å²) >= 11 is 5.95. The zero-order chi connectivity index (χ0) is 16.8. The molecule has 1 amide bonds.